The molecule has 39 heavy (non-hydrogen) atoms. The van der Waals surface area contributed by atoms with E-state index in [0.717, 1.165) is 47.0 Å². The number of rotatable bonds is 11. The third-order valence-corrected chi connectivity index (χ3v) is 8.78. The number of amides is 2. The smallest absolute Gasteiger partial charge is 0.243 e. The molecular weight excluding hydrogens is 568 g/mol. The Morgan fingerprint density at radius 1 is 0.897 bits per heavy atom. The largest absolute Gasteiger partial charge is 0.352 e. The molecule has 1 atom stereocenters. The van der Waals surface area contributed by atoms with E-state index in [1.165, 1.54) is 23.1 Å². The molecule has 2 amide bonds. The van der Waals surface area contributed by atoms with Crippen molar-refractivity contribution in [1.82, 2.24) is 10.2 Å². The second-order valence-electron chi connectivity index (χ2n) is 10.7. The number of carbonyl (C=O) groups is 2. The maximum Gasteiger partial charge on any atom is 0.243 e. The Kier molecular flexibility index (Phi) is 11.1. The van der Waals surface area contributed by atoms with Gasteiger partial charge in [-0.3, -0.25) is 9.59 Å². The highest BCUT2D eigenvalue weighted by Crippen LogP contribution is 2.22. The minimum atomic E-state index is -0.577. The van der Waals surface area contributed by atoms with Gasteiger partial charge in [-0.15, -0.1) is 11.8 Å². The molecule has 6 heteroatoms. The summed E-state index contributed by atoms with van der Waals surface area (Å²) < 4.78 is 0.990. The first-order valence-electron chi connectivity index (χ1n) is 13.9. The number of halogens is 1. The van der Waals surface area contributed by atoms with E-state index in [0.29, 0.717) is 18.7 Å². The fraction of sp³-hybridized carbons (Fsp3) is 0.394. The van der Waals surface area contributed by atoms with Crippen LogP contribution in [-0.2, 0) is 28.3 Å². The van der Waals surface area contributed by atoms with E-state index < -0.39 is 6.04 Å². The third-order valence-electron chi connectivity index (χ3n) is 7.26. The van der Waals surface area contributed by atoms with Crippen molar-refractivity contribution in [2.45, 2.75) is 76.8 Å². The highest BCUT2D eigenvalue weighted by Gasteiger charge is 2.31. The molecule has 0 radical (unpaired) electrons. The molecule has 0 bridgehead atoms. The number of hydrogen-bond acceptors (Lipinski definition) is 3. The van der Waals surface area contributed by atoms with Gasteiger partial charge in [0.05, 0.1) is 5.75 Å². The van der Waals surface area contributed by atoms with Crippen LogP contribution < -0.4 is 5.32 Å². The average molecular weight is 608 g/mol. The Hall–Kier alpha value is -2.57. The van der Waals surface area contributed by atoms with Crippen LogP contribution in [0.4, 0.5) is 0 Å². The van der Waals surface area contributed by atoms with Crippen LogP contribution in [0.15, 0.2) is 77.3 Å². The molecule has 3 aromatic carbocycles. The lowest BCUT2D eigenvalue weighted by atomic mass is 9.94. The maximum atomic E-state index is 13.9. The summed E-state index contributed by atoms with van der Waals surface area (Å²) in [6.07, 6.45) is 6.03. The molecule has 4 rings (SSSR count). The summed E-state index contributed by atoms with van der Waals surface area (Å²) in [6, 6.07) is 24.2. The molecule has 1 N–H and O–H groups in total. The third kappa shape index (κ3) is 9.25. The lowest BCUT2D eigenvalue weighted by Crippen LogP contribution is -2.53. The van der Waals surface area contributed by atoms with Crippen molar-refractivity contribution in [1.29, 1.82) is 0 Å². The molecular formula is C33H39BrN2O2S. The van der Waals surface area contributed by atoms with Gasteiger partial charge >= 0.3 is 0 Å². The maximum absolute atomic E-state index is 13.9. The van der Waals surface area contributed by atoms with E-state index in [1.807, 2.05) is 59.5 Å². The van der Waals surface area contributed by atoms with Crippen LogP contribution in [-0.4, -0.2) is 34.6 Å². The molecule has 0 aromatic heterocycles. The zero-order valence-corrected chi connectivity index (χ0v) is 25.4. The van der Waals surface area contributed by atoms with Gasteiger partial charge in [-0.05, 0) is 55.5 Å². The molecule has 0 aliphatic heterocycles. The number of carbonyl (C=O) groups excluding carboxylic acids is 2. The van der Waals surface area contributed by atoms with Crippen LogP contribution in [0.1, 0.15) is 59.9 Å². The first-order chi connectivity index (χ1) is 18.9. The first-order valence-corrected chi connectivity index (χ1v) is 15.9. The minimum Gasteiger partial charge on any atom is -0.352 e. The quantitative estimate of drug-likeness (QED) is 0.247. The lowest BCUT2D eigenvalue weighted by Gasteiger charge is -2.33. The van der Waals surface area contributed by atoms with Gasteiger partial charge in [0.2, 0.25) is 11.8 Å². The van der Waals surface area contributed by atoms with Gasteiger partial charge in [-0.25, -0.2) is 0 Å². The molecule has 0 spiro atoms. The van der Waals surface area contributed by atoms with Crippen molar-refractivity contribution in [3.8, 4) is 0 Å². The standard InChI is InChI=1S/C33H39BrN2O2S/c1-24-17-25(2)19-28(18-24)22-39-23-32(37)36(21-27-13-15-29(34)16-14-27)31(20-26-9-5-3-6-10-26)33(38)35-30-11-7-4-8-12-30/h3,5-6,9-10,13-19,30-31H,4,7-8,11-12,20-23H2,1-2H3,(H,35,38)/t31-/m0/s1. The highest BCUT2D eigenvalue weighted by atomic mass is 79.9. The van der Waals surface area contributed by atoms with E-state index in [9.17, 15) is 9.59 Å². The summed E-state index contributed by atoms with van der Waals surface area (Å²) in [7, 11) is 0. The van der Waals surface area contributed by atoms with Crippen LogP contribution >= 0.6 is 27.7 Å². The number of nitrogens with one attached hydrogen (secondary N) is 1. The summed E-state index contributed by atoms with van der Waals surface area (Å²) in [4.78, 5) is 29.5. The second kappa shape index (κ2) is 14.7. The Morgan fingerprint density at radius 2 is 1.56 bits per heavy atom. The van der Waals surface area contributed by atoms with E-state index in [4.69, 9.17) is 0 Å². The normalized spacial score (nSPS) is 14.5. The Balaban J connectivity index is 1.56. The van der Waals surface area contributed by atoms with E-state index in [2.05, 4.69) is 53.3 Å². The van der Waals surface area contributed by atoms with Crippen LogP contribution in [0.2, 0.25) is 0 Å². The van der Waals surface area contributed by atoms with Gasteiger partial charge in [-0.1, -0.05) is 107 Å². The molecule has 1 saturated carbocycles. The average Bonchev–Trinajstić information content (AvgIpc) is 2.92. The Bertz CT molecular complexity index is 1210. The van der Waals surface area contributed by atoms with Crippen molar-refractivity contribution in [2.75, 3.05) is 5.75 Å². The van der Waals surface area contributed by atoms with E-state index in [1.54, 1.807) is 11.8 Å². The summed E-state index contributed by atoms with van der Waals surface area (Å²) in [6.45, 7) is 4.60. The molecule has 1 aliphatic carbocycles. The molecule has 0 heterocycles. The molecule has 3 aromatic rings. The first kappa shape index (κ1) is 29.4. The van der Waals surface area contributed by atoms with Crippen LogP contribution in [0.25, 0.3) is 0 Å². The van der Waals surface area contributed by atoms with Gasteiger partial charge in [0.25, 0.3) is 0 Å². The van der Waals surface area contributed by atoms with Gasteiger partial charge in [0.1, 0.15) is 6.04 Å². The van der Waals surface area contributed by atoms with Gasteiger partial charge in [0, 0.05) is 29.2 Å². The van der Waals surface area contributed by atoms with Gasteiger partial charge < -0.3 is 10.2 Å². The molecule has 0 unspecified atom stereocenters. The monoisotopic (exact) mass is 606 g/mol. The number of aryl methyl sites for hydroxylation is 2. The van der Waals surface area contributed by atoms with Crippen molar-refractivity contribution >= 4 is 39.5 Å². The molecule has 4 nitrogen and oxygen atoms in total. The fourth-order valence-electron chi connectivity index (χ4n) is 5.38. The highest BCUT2D eigenvalue weighted by molar-refractivity contribution is 9.10. The summed E-state index contributed by atoms with van der Waals surface area (Å²) in [5.74, 6) is 1.03. The van der Waals surface area contributed by atoms with Gasteiger partial charge in [-0.2, -0.15) is 0 Å². The predicted molar refractivity (Wildman–Crippen MR) is 166 cm³/mol. The zero-order chi connectivity index (χ0) is 27.6. The van der Waals surface area contributed by atoms with Gasteiger partial charge in [0.15, 0.2) is 0 Å². The van der Waals surface area contributed by atoms with Crippen molar-refractivity contribution < 1.29 is 9.59 Å². The fourth-order valence-corrected chi connectivity index (χ4v) is 6.49. The molecule has 1 fully saturated rings. The molecule has 0 saturated heterocycles. The number of thioether (sulfide) groups is 1. The van der Waals surface area contributed by atoms with Crippen molar-refractivity contribution in [2.24, 2.45) is 0 Å². The van der Waals surface area contributed by atoms with Crippen molar-refractivity contribution in [3.63, 3.8) is 0 Å². The SMILES string of the molecule is Cc1cc(C)cc(CSCC(=O)N(Cc2ccc(Br)cc2)[C@@H](Cc2ccccc2)C(=O)NC2CCCCC2)c1. The lowest BCUT2D eigenvalue weighted by molar-refractivity contribution is -0.139. The number of benzene rings is 3. The molecule has 1 aliphatic rings. The summed E-state index contributed by atoms with van der Waals surface area (Å²) >= 11 is 5.12. The second-order valence-corrected chi connectivity index (χ2v) is 12.6. The van der Waals surface area contributed by atoms with Crippen molar-refractivity contribution in [3.05, 3.63) is 105 Å². The minimum absolute atomic E-state index is 0.00739. The number of nitrogens with zero attached hydrogens (tertiary/aromatic N) is 1. The predicted octanol–water partition coefficient (Wildman–Crippen LogP) is 7.39. The van der Waals surface area contributed by atoms with Crippen LogP contribution in [0.5, 0.6) is 0 Å². The summed E-state index contributed by atoms with van der Waals surface area (Å²) in [5, 5.41) is 3.32. The Labute approximate surface area is 246 Å². The van der Waals surface area contributed by atoms with Crippen LogP contribution in [0.3, 0.4) is 0 Å². The number of hydrogen-bond donors (Lipinski definition) is 1. The van der Waals surface area contributed by atoms with E-state index in [-0.39, 0.29) is 17.9 Å². The summed E-state index contributed by atoms with van der Waals surface area (Å²) in [5.41, 5.74) is 5.75. The zero-order valence-electron chi connectivity index (χ0n) is 23.0. The topological polar surface area (TPSA) is 49.4 Å². The Morgan fingerprint density at radius 3 is 2.23 bits per heavy atom. The molecule has 206 valence electrons. The van der Waals surface area contributed by atoms with E-state index >= 15 is 0 Å². The van der Waals surface area contributed by atoms with Crippen LogP contribution in [0, 0.1) is 13.8 Å².